The fourth-order valence-corrected chi connectivity index (χ4v) is 2.08. The summed E-state index contributed by atoms with van der Waals surface area (Å²) < 4.78 is 5.50. The van der Waals surface area contributed by atoms with E-state index in [1.165, 1.54) is 5.56 Å². The molecule has 0 saturated carbocycles. The first-order chi connectivity index (χ1) is 8.35. The minimum atomic E-state index is -0.508. The molecule has 1 aromatic carbocycles. The Bertz CT molecular complexity index is 375. The molecule has 0 bridgehead atoms. The van der Waals surface area contributed by atoms with E-state index in [0.29, 0.717) is 6.61 Å². The summed E-state index contributed by atoms with van der Waals surface area (Å²) in [5, 5.41) is 12.7. The molecule has 3 nitrogen and oxygen atoms in total. The third kappa shape index (κ3) is 3.29. The Balaban J connectivity index is 1.97. The minimum Gasteiger partial charge on any atom is -0.378 e. The number of nitrogens with one attached hydrogen (secondary N) is 1. The number of benzene rings is 1. The van der Waals surface area contributed by atoms with Crippen LogP contribution in [-0.4, -0.2) is 18.8 Å². The van der Waals surface area contributed by atoms with Crippen LogP contribution < -0.4 is 5.32 Å². The third-order valence-corrected chi connectivity index (χ3v) is 3.18. The molecule has 1 unspecified atom stereocenters. The maximum atomic E-state index is 9.35. The van der Waals surface area contributed by atoms with Gasteiger partial charge in [-0.3, -0.25) is 5.32 Å². The minimum absolute atomic E-state index is 0.496. The fraction of sp³-hybridized carbons (Fsp3) is 0.500. The molecule has 1 N–H and O–H groups in total. The van der Waals surface area contributed by atoms with Crippen LogP contribution in [0.15, 0.2) is 30.3 Å². The largest absolute Gasteiger partial charge is 0.378 e. The smallest absolute Gasteiger partial charge is 0.130 e. The summed E-state index contributed by atoms with van der Waals surface area (Å²) in [6.45, 7) is 1.99. The van der Waals surface area contributed by atoms with E-state index >= 15 is 0 Å². The van der Waals surface area contributed by atoms with Gasteiger partial charge in [0.1, 0.15) is 5.54 Å². The molecule has 17 heavy (non-hydrogen) atoms. The van der Waals surface area contributed by atoms with E-state index in [2.05, 4.69) is 23.5 Å². The Kier molecular flexibility index (Phi) is 4.13. The van der Waals surface area contributed by atoms with Crippen LogP contribution in [0.4, 0.5) is 0 Å². The van der Waals surface area contributed by atoms with E-state index in [4.69, 9.17) is 4.74 Å². The topological polar surface area (TPSA) is 45.0 Å². The summed E-state index contributed by atoms with van der Waals surface area (Å²) in [6.07, 6.45) is 2.97. The zero-order valence-corrected chi connectivity index (χ0v) is 9.98. The van der Waals surface area contributed by atoms with Crippen LogP contribution in [0.2, 0.25) is 0 Å². The normalized spacial score (nSPS) is 24.9. The highest BCUT2D eigenvalue weighted by Gasteiger charge is 2.30. The Morgan fingerprint density at radius 1 is 1.29 bits per heavy atom. The molecule has 1 saturated heterocycles. The average molecular weight is 230 g/mol. The first-order valence-corrected chi connectivity index (χ1v) is 6.13. The molecule has 1 aromatic rings. The SMILES string of the molecule is N#CC1(NCc2ccccc2)CCCCOC1. The van der Waals surface area contributed by atoms with Crippen molar-refractivity contribution in [3.05, 3.63) is 35.9 Å². The lowest BCUT2D eigenvalue weighted by molar-refractivity contribution is 0.105. The van der Waals surface area contributed by atoms with E-state index in [1.807, 2.05) is 18.2 Å². The summed E-state index contributed by atoms with van der Waals surface area (Å²) in [6, 6.07) is 12.5. The first-order valence-electron chi connectivity index (χ1n) is 6.13. The van der Waals surface area contributed by atoms with E-state index in [-0.39, 0.29) is 0 Å². The molecule has 1 heterocycles. The number of hydrogen-bond acceptors (Lipinski definition) is 3. The zero-order chi connectivity index (χ0) is 12.0. The van der Waals surface area contributed by atoms with Gasteiger partial charge in [-0.1, -0.05) is 30.3 Å². The van der Waals surface area contributed by atoms with Crippen LogP contribution in [0, 0.1) is 11.3 Å². The summed E-state index contributed by atoms with van der Waals surface area (Å²) in [7, 11) is 0. The van der Waals surface area contributed by atoms with Crippen molar-refractivity contribution in [3.8, 4) is 6.07 Å². The van der Waals surface area contributed by atoms with Gasteiger partial charge in [0.15, 0.2) is 0 Å². The van der Waals surface area contributed by atoms with Crippen LogP contribution in [0.5, 0.6) is 0 Å². The van der Waals surface area contributed by atoms with Crippen molar-refractivity contribution in [1.82, 2.24) is 5.32 Å². The lowest BCUT2D eigenvalue weighted by Gasteiger charge is -2.25. The highest BCUT2D eigenvalue weighted by Crippen LogP contribution is 2.19. The summed E-state index contributed by atoms with van der Waals surface area (Å²) >= 11 is 0. The maximum absolute atomic E-state index is 9.35. The first kappa shape index (κ1) is 12.1. The number of rotatable bonds is 3. The van der Waals surface area contributed by atoms with Crippen LogP contribution >= 0.6 is 0 Å². The van der Waals surface area contributed by atoms with Crippen LogP contribution in [0.25, 0.3) is 0 Å². The predicted octanol–water partition coefficient (Wildman–Crippen LogP) is 2.24. The molecule has 0 aromatic heterocycles. The fourth-order valence-electron chi connectivity index (χ4n) is 2.08. The molecular formula is C14H18N2O. The highest BCUT2D eigenvalue weighted by molar-refractivity contribution is 5.16. The summed E-state index contributed by atoms with van der Waals surface area (Å²) in [4.78, 5) is 0. The lowest BCUT2D eigenvalue weighted by Crippen LogP contribution is -2.46. The van der Waals surface area contributed by atoms with Crippen LogP contribution in [-0.2, 0) is 11.3 Å². The zero-order valence-electron chi connectivity index (χ0n) is 9.98. The third-order valence-electron chi connectivity index (χ3n) is 3.18. The number of nitriles is 1. The lowest BCUT2D eigenvalue weighted by atomic mass is 9.95. The number of ether oxygens (including phenoxy) is 1. The molecule has 1 fully saturated rings. The highest BCUT2D eigenvalue weighted by atomic mass is 16.5. The van der Waals surface area contributed by atoms with Gasteiger partial charge >= 0.3 is 0 Å². The second kappa shape index (κ2) is 5.81. The molecule has 0 spiro atoms. The van der Waals surface area contributed by atoms with Gasteiger partial charge in [-0.05, 0) is 24.8 Å². The molecule has 1 aliphatic heterocycles. The molecule has 1 aliphatic rings. The second-order valence-corrected chi connectivity index (χ2v) is 4.54. The number of hydrogen-bond donors (Lipinski definition) is 1. The van der Waals surface area contributed by atoms with Gasteiger partial charge in [0.05, 0.1) is 12.7 Å². The molecule has 1 atom stereocenters. The van der Waals surface area contributed by atoms with Gasteiger partial charge in [-0.15, -0.1) is 0 Å². The Hall–Kier alpha value is -1.37. The van der Waals surface area contributed by atoms with Gasteiger partial charge in [-0.25, -0.2) is 0 Å². The summed E-state index contributed by atoms with van der Waals surface area (Å²) in [5.74, 6) is 0. The Labute approximate surface area is 102 Å². The van der Waals surface area contributed by atoms with Crippen molar-refractivity contribution >= 4 is 0 Å². The van der Waals surface area contributed by atoms with Crippen molar-refractivity contribution in [2.75, 3.05) is 13.2 Å². The molecule has 0 aliphatic carbocycles. The van der Waals surface area contributed by atoms with Crippen molar-refractivity contribution in [3.63, 3.8) is 0 Å². The Morgan fingerprint density at radius 2 is 2.12 bits per heavy atom. The molecule has 2 rings (SSSR count). The molecular weight excluding hydrogens is 212 g/mol. The van der Waals surface area contributed by atoms with Crippen molar-refractivity contribution in [2.24, 2.45) is 0 Å². The van der Waals surface area contributed by atoms with Gasteiger partial charge in [0.2, 0.25) is 0 Å². The maximum Gasteiger partial charge on any atom is 0.130 e. The molecule has 90 valence electrons. The van der Waals surface area contributed by atoms with Crippen molar-refractivity contribution in [2.45, 2.75) is 31.3 Å². The molecule has 0 amide bonds. The Morgan fingerprint density at radius 3 is 2.88 bits per heavy atom. The summed E-state index contributed by atoms with van der Waals surface area (Å²) in [5.41, 5.74) is 0.693. The van der Waals surface area contributed by atoms with Crippen molar-refractivity contribution in [1.29, 1.82) is 5.26 Å². The van der Waals surface area contributed by atoms with Crippen LogP contribution in [0.1, 0.15) is 24.8 Å². The monoisotopic (exact) mass is 230 g/mol. The van der Waals surface area contributed by atoms with Gasteiger partial charge in [0.25, 0.3) is 0 Å². The predicted molar refractivity (Wildman–Crippen MR) is 66.3 cm³/mol. The standard InChI is InChI=1S/C14H18N2O/c15-11-14(8-4-5-9-17-12-14)16-10-13-6-2-1-3-7-13/h1-3,6-7,16H,4-5,8-10,12H2. The van der Waals surface area contributed by atoms with Crippen molar-refractivity contribution < 1.29 is 4.74 Å². The van der Waals surface area contributed by atoms with E-state index in [9.17, 15) is 5.26 Å². The van der Waals surface area contributed by atoms with Crippen LogP contribution in [0.3, 0.4) is 0 Å². The average Bonchev–Trinajstić information content (AvgIpc) is 2.64. The van der Waals surface area contributed by atoms with Gasteiger partial charge < -0.3 is 4.74 Å². The molecule has 0 radical (unpaired) electrons. The molecule has 3 heteroatoms. The van der Waals surface area contributed by atoms with E-state index < -0.39 is 5.54 Å². The van der Waals surface area contributed by atoms with Gasteiger partial charge in [0, 0.05) is 13.2 Å². The second-order valence-electron chi connectivity index (χ2n) is 4.54. The quantitative estimate of drug-likeness (QED) is 0.866. The van der Waals surface area contributed by atoms with E-state index in [1.54, 1.807) is 0 Å². The number of nitrogens with zero attached hydrogens (tertiary/aromatic N) is 1. The van der Waals surface area contributed by atoms with E-state index in [0.717, 1.165) is 32.4 Å². The van der Waals surface area contributed by atoms with Gasteiger partial charge in [-0.2, -0.15) is 5.26 Å².